The summed E-state index contributed by atoms with van der Waals surface area (Å²) in [7, 11) is 0. The molecule has 2 amide bonds. The van der Waals surface area contributed by atoms with Crippen LogP contribution in [-0.2, 0) is 11.3 Å². The van der Waals surface area contributed by atoms with E-state index in [2.05, 4.69) is 10.6 Å². The molecule has 0 unspecified atom stereocenters. The standard InChI is InChI=1S/C26H29FN2O2S/c27-22-7-3-1-5-20(22)15-28-25(31)21-6-2-4-8-23(21)32-16-24(30)29-26-12-17-9-18(13-26)11-19(10-17)14-26/h1-8,17-19H,9-16H2,(H,28,31)(H,29,30). The second kappa shape index (κ2) is 8.89. The molecule has 6 heteroatoms. The van der Waals surface area contributed by atoms with Gasteiger partial charge in [0.2, 0.25) is 5.91 Å². The van der Waals surface area contributed by atoms with Crippen LogP contribution in [0.25, 0.3) is 0 Å². The molecule has 0 heterocycles. The quantitative estimate of drug-likeness (QED) is 0.586. The molecule has 4 saturated carbocycles. The third-order valence-electron chi connectivity index (χ3n) is 7.33. The fraction of sp³-hybridized carbons (Fsp3) is 0.462. The molecule has 0 saturated heterocycles. The van der Waals surface area contributed by atoms with E-state index in [-0.39, 0.29) is 29.7 Å². The molecule has 0 atom stereocenters. The van der Waals surface area contributed by atoms with Gasteiger partial charge in [-0.1, -0.05) is 30.3 Å². The average Bonchev–Trinajstić information content (AvgIpc) is 2.76. The number of rotatable bonds is 7. The average molecular weight is 453 g/mol. The van der Waals surface area contributed by atoms with Crippen molar-refractivity contribution in [3.63, 3.8) is 0 Å². The number of hydrogen-bond acceptors (Lipinski definition) is 3. The molecule has 4 aliphatic rings. The summed E-state index contributed by atoms with van der Waals surface area (Å²) in [5.74, 6) is 2.10. The number of amides is 2. The molecule has 4 bridgehead atoms. The third-order valence-corrected chi connectivity index (χ3v) is 8.40. The van der Waals surface area contributed by atoms with Crippen LogP contribution in [0.1, 0.15) is 54.4 Å². The summed E-state index contributed by atoms with van der Waals surface area (Å²) in [4.78, 5) is 26.4. The van der Waals surface area contributed by atoms with E-state index in [9.17, 15) is 14.0 Å². The summed E-state index contributed by atoms with van der Waals surface area (Å²) in [5, 5.41) is 6.19. The fourth-order valence-corrected chi connectivity index (χ4v) is 7.28. The molecule has 4 fully saturated rings. The van der Waals surface area contributed by atoms with Crippen LogP contribution in [0.15, 0.2) is 53.4 Å². The van der Waals surface area contributed by atoms with Gasteiger partial charge in [-0.05, 0) is 74.5 Å². The van der Waals surface area contributed by atoms with Gasteiger partial charge in [0.1, 0.15) is 5.82 Å². The zero-order valence-electron chi connectivity index (χ0n) is 18.1. The van der Waals surface area contributed by atoms with Crippen molar-refractivity contribution in [3.8, 4) is 0 Å². The lowest BCUT2D eigenvalue weighted by Crippen LogP contribution is -2.60. The lowest BCUT2D eigenvalue weighted by molar-refractivity contribution is -0.124. The molecular weight excluding hydrogens is 423 g/mol. The maximum atomic E-state index is 13.8. The Balaban J connectivity index is 1.19. The van der Waals surface area contributed by atoms with E-state index >= 15 is 0 Å². The minimum absolute atomic E-state index is 0.00302. The minimum atomic E-state index is -0.336. The molecule has 2 N–H and O–H groups in total. The van der Waals surface area contributed by atoms with Gasteiger partial charge in [-0.15, -0.1) is 11.8 Å². The van der Waals surface area contributed by atoms with E-state index in [1.165, 1.54) is 37.1 Å². The highest BCUT2D eigenvalue weighted by Gasteiger charge is 2.51. The lowest BCUT2D eigenvalue weighted by Gasteiger charge is -2.56. The van der Waals surface area contributed by atoms with Gasteiger partial charge in [-0.3, -0.25) is 9.59 Å². The van der Waals surface area contributed by atoms with Gasteiger partial charge in [-0.2, -0.15) is 0 Å². The zero-order chi connectivity index (χ0) is 22.1. The van der Waals surface area contributed by atoms with Crippen molar-refractivity contribution in [2.75, 3.05) is 5.75 Å². The van der Waals surface area contributed by atoms with Gasteiger partial charge in [0, 0.05) is 22.5 Å². The van der Waals surface area contributed by atoms with Crippen molar-refractivity contribution in [1.82, 2.24) is 10.6 Å². The smallest absolute Gasteiger partial charge is 0.252 e. The molecule has 0 aliphatic heterocycles. The molecule has 168 valence electrons. The van der Waals surface area contributed by atoms with Gasteiger partial charge < -0.3 is 10.6 Å². The largest absolute Gasteiger partial charge is 0.350 e. The van der Waals surface area contributed by atoms with Crippen LogP contribution in [-0.4, -0.2) is 23.1 Å². The molecule has 32 heavy (non-hydrogen) atoms. The number of benzene rings is 2. The first-order chi connectivity index (χ1) is 15.5. The van der Waals surface area contributed by atoms with Gasteiger partial charge >= 0.3 is 0 Å². The molecular formula is C26H29FN2O2S. The molecule has 0 spiro atoms. The van der Waals surface area contributed by atoms with Crippen LogP contribution in [0.5, 0.6) is 0 Å². The summed E-state index contributed by atoms with van der Waals surface area (Å²) in [6.07, 6.45) is 7.43. The Labute approximate surface area is 192 Å². The van der Waals surface area contributed by atoms with E-state index in [1.807, 2.05) is 12.1 Å². The van der Waals surface area contributed by atoms with Gasteiger partial charge in [0.15, 0.2) is 0 Å². The first-order valence-electron chi connectivity index (χ1n) is 11.5. The van der Waals surface area contributed by atoms with Crippen molar-refractivity contribution in [3.05, 3.63) is 65.5 Å². The van der Waals surface area contributed by atoms with Crippen LogP contribution in [0.3, 0.4) is 0 Å². The Kier molecular flexibility index (Phi) is 5.97. The number of hydrogen-bond donors (Lipinski definition) is 2. The number of halogens is 1. The summed E-state index contributed by atoms with van der Waals surface area (Å²) < 4.78 is 13.8. The molecule has 4 aliphatic carbocycles. The Hall–Kier alpha value is -2.34. The number of thioether (sulfide) groups is 1. The summed E-state index contributed by atoms with van der Waals surface area (Å²) in [5.41, 5.74) is 0.959. The van der Waals surface area contributed by atoms with E-state index in [0.29, 0.717) is 16.9 Å². The van der Waals surface area contributed by atoms with E-state index < -0.39 is 0 Å². The molecule has 2 aromatic rings. The predicted molar refractivity (Wildman–Crippen MR) is 124 cm³/mol. The monoisotopic (exact) mass is 452 g/mol. The highest BCUT2D eigenvalue weighted by Crippen LogP contribution is 2.55. The molecule has 2 aromatic carbocycles. The van der Waals surface area contributed by atoms with Gasteiger partial charge in [0.05, 0.1) is 11.3 Å². The van der Waals surface area contributed by atoms with Crippen LogP contribution in [0.4, 0.5) is 4.39 Å². The van der Waals surface area contributed by atoms with E-state index in [0.717, 1.165) is 41.9 Å². The van der Waals surface area contributed by atoms with Crippen LogP contribution < -0.4 is 10.6 Å². The summed E-state index contributed by atoms with van der Waals surface area (Å²) >= 11 is 1.39. The molecule has 6 rings (SSSR count). The maximum absolute atomic E-state index is 13.8. The Morgan fingerprint density at radius 3 is 2.25 bits per heavy atom. The van der Waals surface area contributed by atoms with E-state index in [4.69, 9.17) is 0 Å². The number of carbonyl (C=O) groups excluding carboxylic acids is 2. The third kappa shape index (κ3) is 4.56. The lowest BCUT2D eigenvalue weighted by atomic mass is 9.53. The van der Waals surface area contributed by atoms with Crippen molar-refractivity contribution < 1.29 is 14.0 Å². The predicted octanol–water partition coefficient (Wildman–Crippen LogP) is 4.93. The highest BCUT2D eigenvalue weighted by molar-refractivity contribution is 8.00. The summed E-state index contributed by atoms with van der Waals surface area (Å²) in [6, 6.07) is 13.7. The first-order valence-corrected chi connectivity index (χ1v) is 12.5. The first kappa shape index (κ1) is 21.5. The van der Waals surface area contributed by atoms with Crippen LogP contribution in [0, 0.1) is 23.6 Å². The maximum Gasteiger partial charge on any atom is 0.252 e. The Morgan fingerprint density at radius 2 is 1.56 bits per heavy atom. The number of carbonyl (C=O) groups is 2. The molecule has 0 aromatic heterocycles. The fourth-order valence-electron chi connectivity index (χ4n) is 6.43. The highest BCUT2D eigenvalue weighted by atomic mass is 32.2. The normalized spacial score (nSPS) is 27.8. The van der Waals surface area contributed by atoms with Crippen molar-refractivity contribution in [2.45, 2.75) is 55.5 Å². The zero-order valence-corrected chi connectivity index (χ0v) is 18.9. The van der Waals surface area contributed by atoms with E-state index in [1.54, 1.807) is 30.3 Å². The van der Waals surface area contributed by atoms with Crippen LogP contribution in [0.2, 0.25) is 0 Å². The second-order valence-corrected chi connectivity index (χ2v) is 10.8. The van der Waals surface area contributed by atoms with Crippen LogP contribution >= 0.6 is 11.8 Å². The number of nitrogens with one attached hydrogen (secondary N) is 2. The Bertz CT molecular complexity index is 989. The second-order valence-electron chi connectivity index (χ2n) is 9.80. The Morgan fingerprint density at radius 1 is 0.938 bits per heavy atom. The topological polar surface area (TPSA) is 58.2 Å². The van der Waals surface area contributed by atoms with Crippen molar-refractivity contribution in [2.24, 2.45) is 17.8 Å². The van der Waals surface area contributed by atoms with Crippen molar-refractivity contribution in [1.29, 1.82) is 0 Å². The van der Waals surface area contributed by atoms with Crippen molar-refractivity contribution >= 4 is 23.6 Å². The molecule has 4 nitrogen and oxygen atoms in total. The SMILES string of the molecule is O=C(CSc1ccccc1C(=O)NCc1ccccc1F)NC12CC3CC(CC(C3)C1)C2. The van der Waals surface area contributed by atoms with Gasteiger partial charge in [-0.25, -0.2) is 4.39 Å². The summed E-state index contributed by atoms with van der Waals surface area (Å²) in [6.45, 7) is 0.122. The minimum Gasteiger partial charge on any atom is -0.350 e. The van der Waals surface area contributed by atoms with Gasteiger partial charge in [0.25, 0.3) is 5.91 Å². The molecule has 0 radical (unpaired) electrons.